The minimum Gasteiger partial charge on any atom is -0.394 e. The molecule has 0 amide bonds. The number of aliphatic hydroxyl groups is 4. The average Bonchev–Trinajstić information content (AvgIpc) is 3.07. The van der Waals surface area contributed by atoms with Crippen LogP contribution >= 0.6 is 0 Å². The smallest absolute Gasteiger partial charge is 0.332 e. The maximum Gasteiger partial charge on any atom is 0.332 e. The maximum atomic E-state index is 11.7. The molecule has 2 aromatic rings. The topological polar surface area (TPSA) is 152 Å². The molecule has 0 bridgehead atoms. The summed E-state index contributed by atoms with van der Waals surface area (Å²) in [5.74, 6) is 0. The van der Waals surface area contributed by atoms with Gasteiger partial charge in [0.1, 0.15) is 18.3 Å². The van der Waals surface area contributed by atoms with Crippen molar-refractivity contribution in [3.05, 3.63) is 27.2 Å². The Morgan fingerprint density at radius 1 is 1.12 bits per heavy atom. The SMILES string of the molecule is Cn1c(=O)c2c(ncn2C)n(C)c1=O.OC[C@H]1OC(O)[C@H](O)[C@@H]1O. The third-order valence-electron chi connectivity index (χ3n) is 3.83. The van der Waals surface area contributed by atoms with E-state index in [1.807, 2.05) is 0 Å². The van der Waals surface area contributed by atoms with E-state index in [0.717, 1.165) is 4.57 Å². The van der Waals surface area contributed by atoms with Crippen molar-refractivity contribution in [3.8, 4) is 0 Å². The Balaban J connectivity index is 0.000000185. The molecule has 0 aromatic carbocycles. The summed E-state index contributed by atoms with van der Waals surface area (Å²) in [7, 11) is 4.77. The fourth-order valence-corrected chi connectivity index (χ4v) is 2.35. The highest BCUT2D eigenvalue weighted by molar-refractivity contribution is 5.69. The molecule has 134 valence electrons. The molecule has 3 rings (SSSR count). The first-order valence-electron chi connectivity index (χ1n) is 7.08. The lowest BCUT2D eigenvalue weighted by Crippen LogP contribution is -2.37. The highest BCUT2D eigenvalue weighted by atomic mass is 16.6. The van der Waals surface area contributed by atoms with Gasteiger partial charge >= 0.3 is 5.69 Å². The van der Waals surface area contributed by atoms with E-state index in [2.05, 4.69) is 9.72 Å². The number of aryl methyl sites for hydroxylation is 2. The Morgan fingerprint density at radius 3 is 2.21 bits per heavy atom. The highest BCUT2D eigenvalue weighted by Crippen LogP contribution is 2.18. The molecule has 11 heteroatoms. The molecular weight excluding hydrogens is 324 g/mol. The first kappa shape index (κ1) is 18.3. The molecule has 4 N–H and O–H groups in total. The van der Waals surface area contributed by atoms with Gasteiger partial charge < -0.3 is 29.7 Å². The van der Waals surface area contributed by atoms with E-state index in [1.54, 1.807) is 18.7 Å². The average molecular weight is 344 g/mol. The molecular formula is C13H20N4O7. The minimum atomic E-state index is -1.38. The van der Waals surface area contributed by atoms with Crippen LogP contribution in [-0.2, 0) is 25.9 Å². The van der Waals surface area contributed by atoms with E-state index in [4.69, 9.17) is 20.4 Å². The number of rotatable bonds is 1. The standard InChI is InChI=1S/C8H10N4O2.C5H10O5/c1-10-4-9-6-5(10)7(13)12(3)8(14)11(6)2;6-1-2-3(7)4(8)5(9)10-2/h4H,1-3H3;2-9H,1H2/t;2-,3-,4-,5?/m.1/s1. The van der Waals surface area contributed by atoms with Crippen molar-refractivity contribution in [2.45, 2.75) is 24.6 Å². The van der Waals surface area contributed by atoms with Gasteiger partial charge in [0.25, 0.3) is 5.56 Å². The van der Waals surface area contributed by atoms with Gasteiger partial charge in [0.2, 0.25) is 0 Å². The lowest BCUT2D eigenvalue weighted by molar-refractivity contribution is -0.132. The van der Waals surface area contributed by atoms with Gasteiger partial charge in [-0.1, -0.05) is 0 Å². The Hall–Kier alpha value is -2.05. The van der Waals surface area contributed by atoms with Crippen LogP contribution in [0.4, 0.5) is 0 Å². The van der Waals surface area contributed by atoms with Gasteiger partial charge in [-0.3, -0.25) is 13.9 Å². The van der Waals surface area contributed by atoms with Crippen LogP contribution in [-0.4, -0.2) is 70.3 Å². The van der Waals surface area contributed by atoms with Crippen molar-refractivity contribution >= 4 is 11.2 Å². The first-order chi connectivity index (χ1) is 11.2. The third kappa shape index (κ3) is 2.99. The summed E-state index contributed by atoms with van der Waals surface area (Å²) in [5.41, 5.74) is 0.180. The molecule has 1 unspecified atom stereocenters. The summed E-state index contributed by atoms with van der Waals surface area (Å²) in [4.78, 5) is 27.2. The van der Waals surface area contributed by atoms with Gasteiger partial charge in [-0.25, -0.2) is 9.78 Å². The van der Waals surface area contributed by atoms with Gasteiger partial charge in [0, 0.05) is 21.1 Å². The van der Waals surface area contributed by atoms with Gasteiger partial charge in [0.15, 0.2) is 17.5 Å². The van der Waals surface area contributed by atoms with Crippen molar-refractivity contribution in [2.24, 2.45) is 21.1 Å². The molecule has 2 aromatic heterocycles. The zero-order valence-corrected chi connectivity index (χ0v) is 13.4. The zero-order chi connectivity index (χ0) is 18.2. The highest BCUT2D eigenvalue weighted by Gasteiger charge is 2.41. The van der Waals surface area contributed by atoms with E-state index < -0.39 is 31.2 Å². The van der Waals surface area contributed by atoms with Gasteiger partial charge in [-0.05, 0) is 0 Å². The van der Waals surface area contributed by atoms with Gasteiger partial charge in [-0.15, -0.1) is 0 Å². The van der Waals surface area contributed by atoms with Crippen LogP contribution < -0.4 is 11.2 Å². The largest absolute Gasteiger partial charge is 0.394 e. The summed E-state index contributed by atoms with van der Waals surface area (Å²) in [6, 6.07) is 0. The van der Waals surface area contributed by atoms with E-state index >= 15 is 0 Å². The molecule has 24 heavy (non-hydrogen) atoms. The van der Waals surface area contributed by atoms with E-state index in [-0.39, 0.29) is 11.2 Å². The van der Waals surface area contributed by atoms with Crippen LogP contribution in [0.3, 0.4) is 0 Å². The van der Waals surface area contributed by atoms with Crippen LogP contribution in [0.5, 0.6) is 0 Å². The summed E-state index contributed by atoms with van der Waals surface area (Å²) in [5, 5.41) is 35.0. The molecule has 0 spiro atoms. The van der Waals surface area contributed by atoms with Crippen molar-refractivity contribution < 1.29 is 25.2 Å². The molecule has 1 aliphatic heterocycles. The van der Waals surface area contributed by atoms with Crippen LogP contribution in [0.2, 0.25) is 0 Å². The zero-order valence-electron chi connectivity index (χ0n) is 13.4. The second kappa shape index (κ2) is 6.83. The van der Waals surface area contributed by atoms with E-state index in [1.165, 1.54) is 17.9 Å². The predicted octanol–water partition coefficient (Wildman–Crippen LogP) is -3.61. The molecule has 1 aliphatic rings. The van der Waals surface area contributed by atoms with Crippen LogP contribution in [0.25, 0.3) is 11.2 Å². The van der Waals surface area contributed by atoms with Crippen molar-refractivity contribution in [1.29, 1.82) is 0 Å². The molecule has 1 fully saturated rings. The number of ether oxygens (including phenoxy) is 1. The second-order valence-electron chi connectivity index (χ2n) is 5.46. The molecule has 4 atom stereocenters. The summed E-state index contributed by atoms with van der Waals surface area (Å²) >= 11 is 0. The molecule has 0 aliphatic carbocycles. The number of aliphatic hydroxyl groups excluding tert-OH is 4. The van der Waals surface area contributed by atoms with Crippen molar-refractivity contribution in [2.75, 3.05) is 6.61 Å². The summed E-state index contributed by atoms with van der Waals surface area (Å²) in [6.07, 6.45) is -3.24. The molecule has 1 saturated heterocycles. The summed E-state index contributed by atoms with van der Waals surface area (Å²) in [6.45, 7) is -0.407. The molecule has 0 saturated carbocycles. The Bertz CT molecular complexity index is 839. The minimum absolute atomic E-state index is 0.317. The number of imidazole rings is 1. The number of hydrogen-bond donors (Lipinski definition) is 4. The Labute approximate surface area is 135 Å². The summed E-state index contributed by atoms with van der Waals surface area (Å²) < 4.78 is 8.58. The number of hydrogen-bond acceptors (Lipinski definition) is 8. The van der Waals surface area contributed by atoms with Crippen LogP contribution in [0, 0.1) is 0 Å². The molecule has 11 nitrogen and oxygen atoms in total. The Morgan fingerprint density at radius 2 is 1.75 bits per heavy atom. The number of nitrogens with zero attached hydrogens (tertiary/aromatic N) is 4. The van der Waals surface area contributed by atoms with Crippen molar-refractivity contribution in [1.82, 2.24) is 18.7 Å². The predicted molar refractivity (Wildman–Crippen MR) is 81.2 cm³/mol. The molecule has 3 heterocycles. The van der Waals surface area contributed by atoms with Crippen molar-refractivity contribution in [3.63, 3.8) is 0 Å². The Kier molecular flexibility index (Phi) is 5.20. The van der Waals surface area contributed by atoms with Gasteiger partial charge in [-0.2, -0.15) is 0 Å². The normalized spacial score (nSPS) is 26.5. The number of aromatic nitrogens is 4. The second-order valence-corrected chi connectivity index (χ2v) is 5.46. The van der Waals surface area contributed by atoms with Crippen LogP contribution in [0.15, 0.2) is 15.9 Å². The fourth-order valence-electron chi connectivity index (χ4n) is 2.35. The maximum absolute atomic E-state index is 11.7. The number of fused-ring (bicyclic) bond motifs is 1. The fraction of sp³-hybridized carbons (Fsp3) is 0.615. The molecule has 0 radical (unpaired) electrons. The monoisotopic (exact) mass is 344 g/mol. The van der Waals surface area contributed by atoms with Crippen LogP contribution in [0.1, 0.15) is 0 Å². The quantitative estimate of drug-likeness (QED) is 0.414. The van der Waals surface area contributed by atoms with Gasteiger partial charge in [0.05, 0.1) is 12.9 Å². The van der Waals surface area contributed by atoms with E-state index in [0.29, 0.717) is 11.2 Å². The van der Waals surface area contributed by atoms with E-state index in [9.17, 15) is 9.59 Å². The first-order valence-corrected chi connectivity index (χ1v) is 7.08. The third-order valence-corrected chi connectivity index (χ3v) is 3.83. The lowest BCUT2D eigenvalue weighted by atomic mass is 10.1. The lowest BCUT2D eigenvalue weighted by Gasteiger charge is -2.09.